The Hall–Kier alpha value is 0.270. The lowest BCUT2D eigenvalue weighted by atomic mass is 10.3. The minimum Gasteiger partial charge on any atom is -0.380 e. The van der Waals surface area contributed by atoms with Crippen LogP contribution in [0.1, 0.15) is 34.1 Å². The van der Waals surface area contributed by atoms with Crippen molar-refractivity contribution in [3.05, 3.63) is 0 Å². The Morgan fingerprint density at radius 3 is 2.43 bits per heavy atom. The van der Waals surface area contributed by atoms with Gasteiger partial charge in [-0.2, -0.15) is 11.8 Å². The molecule has 2 nitrogen and oxygen atoms in total. The molecule has 0 rings (SSSR count). The first-order valence-electron chi connectivity index (χ1n) is 5.38. The van der Waals surface area contributed by atoms with Crippen LogP contribution in [0.3, 0.4) is 0 Å². The molecular formula is C11H25NOS. The van der Waals surface area contributed by atoms with E-state index in [2.05, 4.69) is 33.0 Å². The van der Waals surface area contributed by atoms with E-state index in [9.17, 15) is 0 Å². The minimum atomic E-state index is 0.347. The van der Waals surface area contributed by atoms with Crippen LogP contribution in [-0.4, -0.2) is 36.8 Å². The molecule has 86 valence electrons. The number of likely N-dealkylation sites (N-methyl/N-ethyl adjacent to an activating group) is 1. The monoisotopic (exact) mass is 219 g/mol. The van der Waals surface area contributed by atoms with E-state index in [0.717, 1.165) is 25.4 Å². The Bertz CT molecular complexity index is 134. The molecule has 0 saturated heterocycles. The van der Waals surface area contributed by atoms with Crippen molar-refractivity contribution in [2.75, 3.05) is 26.0 Å². The molecule has 0 aromatic heterocycles. The third-order valence-electron chi connectivity index (χ3n) is 1.79. The van der Waals surface area contributed by atoms with Gasteiger partial charge in [-0.1, -0.05) is 27.7 Å². The highest BCUT2D eigenvalue weighted by atomic mass is 32.2. The minimum absolute atomic E-state index is 0.347. The Morgan fingerprint density at radius 1 is 1.36 bits per heavy atom. The molecule has 0 aliphatic rings. The highest BCUT2D eigenvalue weighted by Gasteiger charge is 2.14. The third kappa shape index (κ3) is 8.85. The van der Waals surface area contributed by atoms with Gasteiger partial charge < -0.3 is 10.1 Å². The van der Waals surface area contributed by atoms with Crippen LogP contribution in [0.2, 0.25) is 0 Å². The van der Waals surface area contributed by atoms with Crippen molar-refractivity contribution in [2.24, 2.45) is 0 Å². The van der Waals surface area contributed by atoms with Gasteiger partial charge in [0.15, 0.2) is 0 Å². The number of ether oxygens (including phenoxy) is 1. The average molecular weight is 219 g/mol. The summed E-state index contributed by atoms with van der Waals surface area (Å²) in [5, 5.41) is 3.29. The van der Waals surface area contributed by atoms with E-state index in [1.54, 1.807) is 0 Å². The predicted molar refractivity (Wildman–Crippen MR) is 66.2 cm³/mol. The second kappa shape index (κ2) is 7.55. The van der Waals surface area contributed by atoms with Crippen LogP contribution >= 0.6 is 11.8 Å². The van der Waals surface area contributed by atoms with Crippen molar-refractivity contribution in [3.8, 4) is 0 Å². The van der Waals surface area contributed by atoms with Crippen LogP contribution in [0, 0.1) is 0 Å². The standard InChI is InChI=1S/C11H25NOS/c1-6-7-13-8-10(12-5)9-14-11(2,3)4/h10,12H,6-9H2,1-5H3. The van der Waals surface area contributed by atoms with Crippen molar-refractivity contribution in [2.45, 2.75) is 44.9 Å². The fraction of sp³-hybridized carbons (Fsp3) is 1.00. The molecule has 0 aromatic carbocycles. The number of rotatable bonds is 7. The molecule has 0 bridgehead atoms. The number of hydrogen-bond donors (Lipinski definition) is 1. The molecule has 0 aliphatic carbocycles. The topological polar surface area (TPSA) is 21.3 Å². The van der Waals surface area contributed by atoms with Gasteiger partial charge in [0.1, 0.15) is 0 Å². The zero-order valence-corrected chi connectivity index (χ0v) is 11.0. The molecular weight excluding hydrogens is 194 g/mol. The summed E-state index contributed by atoms with van der Waals surface area (Å²) in [7, 11) is 2.00. The SMILES string of the molecule is CCCOCC(CSC(C)(C)C)NC. The molecule has 0 aromatic rings. The summed E-state index contributed by atoms with van der Waals surface area (Å²) in [4.78, 5) is 0. The first-order chi connectivity index (χ1) is 6.49. The second-order valence-corrected chi connectivity index (χ2v) is 6.33. The highest BCUT2D eigenvalue weighted by Crippen LogP contribution is 2.23. The molecule has 1 unspecified atom stereocenters. The molecule has 1 N–H and O–H groups in total. The van der Waals surface area contributed by atoms with Gasteiger partial charge in [-0.15, -0.1) is 0 Å². The van der Waals surface area contributed by atoms with E-state index in [-0.39, 0.29) is 0 Å². The lowest BCUT2D eigenvalue weighted by Crippen LogP contribution is -2.34. The van der Waals surface area contributed by atoms with Crippen LogP contribution in [-0.2, 0) is 4.74 Å². The van der Waals surface area contributed by atoms with Gasteiger partial charge in [0.25, 0.3) is 0 Å². The summed E-state index contributed by atoms with van der Waals surface area (Å²) >= 11 is 1.98. The quantitative estimate of drug-likeness (QED) is 0.665. The van der Waals surface area contributed by atoms with Crippen molar-refractivity contribution < 1.29 is 4.74 Å². The summed E-state index contributed by atoms with van der Waals surface area (Å²) in [6.07, 6.45) is 1.10. The Morgan fingerprint density at radius 2 is 2.00 bits per heavy atom. The Balaban J connectivity index is 3.58. The summed E-state index contributed by atoms with van der Waals surface area (Å²) in [5.74, 6) is 1.11. The van der Waals surface area contributed by atoms with E-state index in [0.29, 0.717) is 10.8 Å². The van der Waals surface area contributed by atoms with Crippen LogP contribution < -0.4 is 5.32 Å². The molecule has 0 spiro atoms. The van der Waals surface area contributed by atoms with Crippen molar-refractivity contribution in [3.63, 3.8) is 0 Å². The maximum Gasteiger partial charge on any atom is 0.0627 e. The maximum absolute atomic E-state index is 5.53. The fourth-order valence-electron chi connectivity index (χ4n) is 0.935. The largest absolute Gasteiger partial charge is 0.380 e. The predicted octanol–water partition coefficient (Wildman–Crippen LogP) is 2.53. The van der Waals surface area contributed by atoms with Crippen LogP contribution in [0.25, 0.3) is 0 Å². The zero-order valence-electron chi connectivity index (χ0n) is 10.2. The smallest absolute Gasteiger partial charge is 0.0627 e. The molecule has 0 radical (unpaired) electrons. The van der Waals surface area contributed by atoms with E-state index in [4.69, 9.17) is 4.74 Å². The number of nitrogens with one attached hydrogen (secondary N) is 1. The first-order valence-corrected chi connectivity index (χ1v) is 6.37. The summed E-state index contributed by atoms with van der Waals surface area (Å²) in [5.41, 5.74) is 0. The molecule has 0 amide bonds. The number of thioether (sulfide) groups is 1. The first kappa shape index (κ1) is 14.3. The second-order valence-electron chi connectivity index (χ2n) is 4.48. The third-order valence-corrected chi connectivity index (χ3v) is 3.23. The van der Waals surface area contributed by atoms with Gasteiger partial charge in [-0.05, 0) is 13.5 Å². The molecule has 1 atom stereocenters. The van der Waals surface area contributed by atoms with E-state index in [1.165, 1.54) is 0 Å². The molecule has 0 heterocycles. The van der Waals surface area contributed by atoms with Crippen LogP contribution in [0.4, 0.5) is 0 Å². The Labute approximate surface area is 93.2 Å². The lowest BCUT2D eigenvalue weighted by molar-refractivity contribution is 0.119. The van der Waals surface area contributed by atoms with Gasteiger partial charge in [-0.3, -0.25) is 0 Å². The van der Waals surface area contributed by atoms with Gasteiger partial charge in [-0.25, -0.2) is 0 Å². The lowest BCUT2D eigenvalue weighted by Gasteiger charge is -2.22. The van der Waals surface area contributed by atoms with Crippen LogP contribution in [0.5, 0.6) is 0 Å². The summed E-state index contributed by atoms with van der Waals surface area (Å²) in [6, 6.07) is 0.478. The zero-order chi connectivity index (χ0) is 11.0. The van der Waals surface area contributed by atoms with Gasteiger partial charge in [0.2, 0.25) is 0 Å². The van der Waals surface area contributed by atoms with E-state index >= 15 is 0 Å². The average Bonchev–Trinajstić information content (AvgIpc) is 2.09. The fourth-order valence-corrected chi connectivity index (χ4v) is 1.90. The number of hydrogen-bond acceptors (Lipinski definition) is 3. The molecule has 0 fully saturated rings. The van der Waals surface area contributed by atoms with Crippen molar-refractivity contribution in [1.29, 1.82) is 0 Å². The molecule has 0 saturated carbocycles. The summed E-state index contributed by atoms with van der Waals surface area (Å²) < 4.78 is 5.87. The summed E-state index contributed by atoms with van der Waals surface area (Å²) in [6.45, 7) is 10.6. The van der Waals surface area contributed by atoms with Gasteiger partial charge in [0.05, 0.1) is 6.61 Å². The van der Waals surface area contributed by atoms with Crippen molar-refractivity contribution >= 4 is 11.8 Å². The molecule has 0 aliphatic heterocycles. The maximum atomic E-state index is 5.53. The normalized spacial score (nSPS) is 14.4. The van der Waals surface area contributed by atoms with Crippen LogP contribution in [0.15, 0.2) is 0 Å². The van der Waals surface area contributed by atoms with E-state index < -0.39 is 0 Å². The highest BCUT2D eigenvalue weighted by molar-refractivity contribution is 8.00. The molecule has 14 heavy (non-hydrogen) atoms. The molecule has 3 heteroatoms. The van der Waals surface area contributed by atoms with Gasteiger partial charge in [0, 0.05) is 23.1 Å². The van der Waals surface area contributed by atoms with Gasteiger partial charge >= 0.3 is 0 Å². The van der Waals surface area contributed by atoms with Crippen molar-refractivity contribution in [1.82, 2.24) is 5.32 Å². The van der Waals surface area contributed by atoms with E-state index in [1.807, 2.05) is 18.8 Å². The Kier molecular flexibility index (Phi) is 7.69.